The predicted octanol–water partition coefficient (Wildman–Crippen LogP) is 3.61. The molecule has 0 amide bonds. The van der Waals surface area contributed by atoms with Crippen LogP contribution in [-0.2, 0) is 19.4 Å². The van der Waals surface area contributed by atoms with E-state index in [1.807, 2.05) is 4.68 Å². The summed E-state index contributed by atoms with van der Waals surface area (Å²) in [6, 6.07) is 0. The minimum Gasteiger partial charge on any atom is -0.316 e. The summed E-state index contributed by atoms with van der Waals surface area (Å²) in [6.07, 6.45) is 8.43. The van der Waals surface area contributed by atoms with E-state index < -0.39 is 0 Å². The molecule has 0 saturated carbocycles. The smallest absolute Gasteiger partial charge is 0.0853 e. The van der Waals surface area contributed by atoms with E-state index in [4.69, 9.17) is 11.6 Å². The molecule has 0 unspecified atom stereocenters. The van der Waals surface area contributed by atoms with Gasteiger partial charge in [-0.15, -0.1) is 0 Å². The molecule has 19 heavy (non-hydrogen) atoms. The molecular formula is C15H26ClN3. The molecule has 0 atom stereocenters. The molecule has 0 aliphatic heterocycles. The lowest BCUT2D eigenvalue weighted by atomic mass is 10.2. The van der Waals surface area contributed by atoms with E-state index in [0.29, 0.717) is 0 Å². The van der Waals surface area contributed by atoms with Crippen molar-refractivity contribution in [3.63, 3.8) is 0 Å². The Morgan fingerprint density at radius 1 is 1.21 bits per heavy atom. The van der Waals surface area contributed by atoms with E-state index >= 15 is 0 Å². The van der Waals surface area contributed by atoms with Gasteiger partial charge >= 0.3 is 0 Å². The number of nitrogens with one attached hydrogen (secondary N) is 1. The summed E-state index contributed by atoms with van der Waals surface area (Å²) in [7, 11) is 0. The van der Waals surface area contributed by atoms with Crippen molar-refractivity contribution in [2.45, 2.75) is 53.0 Å². The largest absolute Gasteiger partial charge is 0.316 e. The minimum absolute atomic E-state index is 0.845. The highest BCUT2D eigenvalue weighted by Crippen LogP contribution is 2.22. The van der Waals surface area contributed by atoms with Crippen LogP contribution in [0.25, 0.3) is 0 Å². The second-order valence-corrected chi connectivity index (χ2v) is 4.97. The highest BCUT2D eigenvalue weighted by atomic mass is 35.5. The van der Waals surface area contributed by atoms with Gasteiger partial charge in [0.25, 0.3) is 0 Å². The van der Waals surface area contributed by atoms with Crippen molar-refractivity contribution in [3.8, 4) is 0 Å². The van der Waals surface area contributed by atoms with Crippen LogP contribution in [0.1, 0.15) is 45.0 Å². The van der Waals surface area contributed by atoms with E-state index in [2.05, 4.69) is 43.3 Å². The molecule has 1 aromatic rings. The molecule has 1 rings (SSSR count). The average molecular weight is 284 g/mol. The first-order valence-corrected chi connectivity index (χ1v) is 7.72. The SMILES string of the molecule is CCCNCCC=CCc1c(Cl)c(CC)nn1CC. The highest BCUT2D eigenvalue weighted by molar-refractivity contribution is 6.31. The van der Waals surface area contributed by atoms with Crippen molar-refractivity contribution >= 4 is 11.6 Å². The number of nitrogens with zero attached hydrogens (tertiary/aromatic N) is 2. The summed E-state index contributed by atoms with van der Waals surface area (Å²) < 4.78 is 2.01. The number of halogens is 1. The normalized spacial score (nSPS) is 11.6. The first-order valence-electron chi connectivity index (χ1n) is 7.34. The van der Waals surface area contributed by atoms with Gasteiger partial charge in [0.05, 0.1) is 16.4 Å². The van der Waals surface area contributed by atoms with Gasteiger partial charge in [-0.3, -0.25) is 4.68 Å². The second kappa shape index (κ2) is 9.16. The zero-order valence-electron chi connectivity index (χ0n) is 12.4. The average Bonchev–Trinajstić information content (AvgIpc) is 2.74. The maximum absolute atomic E-state index is 6.36. The van der Waals surface area contributed by atoms with Crippen LogP contribution in [0.15, 0.2) is 12.2 Å². The van der Waals surface area contributed by atoms with Crippen LogP contribution < -0.4 is 5.32 Å². The molecule has 0 aliphatic rings. The van der Waals surface area contributed by atoms with Gasteiger partial charge in [0, 0.05) is 13.0 Å². The van der Waals surface area contributed by atoms with Crippen LogP contribution in [-0.4, -0.2) is 22.9 Å². The quantitative estimate of drug-likeness (QED) is 0.554. The first-order chi connectivity index (χ1) is 9.24. The van der Waals surface area contributed by atoms with Gasteiger partial charge in [-0.1, -0.05) is 37.6 Å². The molecule has 0 saturated heterocycles. The fourth-order valence-corrected chi connectivity index (χ4v) is 2.36. The number of hydrogen-bond donors (Lipinski definition) is 1. The number of hydrogen-bond acceptors (Lipinski definition) is 2. The monoisotopic (exact) mass is 283 g/mol. The summed E-state index contributed by atoms with van der Waals surface area (Å²) in [4.78, 5) is 0. The Morgan fingerprint density at radius 2 is 2.00 bits per heavy atom. The van der Waals surface area contributed by atoms with Crippen LogP contribution in [0.2, 0.25) is 5.02 Å². The van der Waals surface area contributed by atoms with Crippen molar-refractivity contribution in [3.05, 3.63) is 28.6 Å². The summed E-state index contributed by atoms with van der Waals surface area (Å²) in [5, 5.41) is 8.76. The van der Waals surface area contributed by atoms with Gasteiger partial charge in [0.1, 0.15) is 0 Å². The molecule has 0 aromatic carbocycles. The zero-order valence-corrected chi connectivity index (χ0v) is 13.1. The molecule has 0 radical (unpaired) electrons. The molecule has 3 nitrogen and oxygen atoms in total. The van der Waals surface area contributed by atoms with Gasteiger partial charge in [-0.05, 0) is 39.3 Å². The Labute approximate surface area is 122 Å². The Balaban J connectivity index is 2.48. The third-order valence-corrected chi connectivity index (χ3v) is 3.52. The fraction of sp³-hybridized carbons (Fsp3) is 0.667. The number of allylic oxidation sites excluding steroid dienone is 1. The summed E-state index contributed by atoms with van der Waals surface area (Å²) >= 11 is 6.36. The lowest BCUT2D eigenvalue weighted by Crippen LogP contribution is -2.15. The summed E-state index contributed by atoms with van der Waals surface area (Å²) in [5.74, 6) is 0. The second-order valence-electron chi connectivity index (χ2n) is 4.59. The summed E-state index contributed by atoms with van der Waals surface area (Å²) in [6.45, 7) is 9.40. The minimum atomic E-state index is 0.845. The molecule has 1 heterocycles. The Hall–Kier alpha value is -0.800. The molecule has 0 aliphatic carbocycles. The van der Waals surface area contributed by atoms with Crippen LogP contribution in [0, 0.1) is 0 Å². The molecule has 108 valence electrons. The topological polar surface area (TPSA) is 29.9 Å². The Morgan fingerprint density at radius 3 is 2.63 bits per heavy atom. The van der Waals surface area contributed by atoms with Crippen molar-refractivity contribution < 1.29 is 0 Å². The van der Waals surface area contributed by atoms with Crippen molar-refractivity contribution in [1.29, 1.82) is 0 Å². The van der Waals surface area contributed by atoms with E-state index in [1.54, 1.807) is 0 Å². The fourth-order valence-electron chi connectivity index (χ4n) is 2.01. The van der Waals surface area contributed by atoms with Gasteiger partial charge < -0.3 is 5.32 Å². The van der Waals surface area contributed by atoms with Crippen molar-refractivity contribution in [2.24, 2.45) is 0 Å². The Kier molecular flexibility index (Phi) is 7.84. The van der Waals surface area contributed by atoms with Crippen LogP contribution in [0.4, 0.5) is 0 Å². The maximum atomic E-state index is 6.36. The van der Waals surface area contributed by atoms with E-state index in [-0.39, 0.29) is 0 Å². The lowest BCUT2D eigenvalue weighted by Gasteiger charge is -2.02. The number of rotatable bonds is 9. The van der Waals surface area contributed by atoms with Crippen molar-refractivity contribution in [2.75, 3.05) is 13.1 Å². The zero-order chi connectivity index (χ0) is 14.1. The van der Waals surface area contributed by atoms with Crippen molar-refractivity contribution in [1.82, 2.24) is 15.1 Å². The number of aryl methyl sites for hydroxylation is 2. The summed E-state index contributed by atoms with van der Waals surface area (Å²) in [5.41, 5.74) is 2.15. The van der Waals surface area contributed by atoms with Gasteiger partial charge in [-0.2, -0.15) is 5.10 Å². The van der Waals surface area contributed by atoms with E-state index in [0.717, 1.165) is 55.3 Å². The molecule has 0 spiro atoms. The third-order valence-electron chi connectivity index (χ3n) is 3.09. The van der Waals surface area contributed by atoms with Gasteiger partial charge in [0.2, 0.25) is 0 Å². The Bertz CT molecular complexity index is 396. The molecular weight excluding hydrogens is 258 g/mol. The molecule has 4 heteroatoms. The third kappa shape index (κ3) is 5.00. The van der Waals surface area contributed by atoms with Gasteiger partial charge in [-0.25, -0.2) is 0 Å². The molecule has 0 fully saturated rings. The molecule has 0 bridgehead atoms. The molecule has 1 N–H and O–H groups in total. The van der Waals surface area contributed by atoms with Crippen LogP contribution in [0.5, 0.6) is 0 Å². The van der Waals surface area contributed by atoms with Gasteiger partial charge in [0.15, 0.2) is 0 Å². The first kappa shape index (κ1) is 16.3. The predicted molar refractivity (Wildman–Crippen MR) is 82.9 cm³/mol. The lowest BCUT2D eigenvalue weighted by molar-refractivity contribution is 0.622. The van der Waals surface area contributed by atoms with E-state index in [9.17, 15) is 0 Å². The molecule has 1 aromatic heterocycles. The van der Waals surface area contributed by atoms with E-state index in [1.165, 1.54) is 6.42 Å². The van der Waals surface area contributed by atoms with Crippen LogP contribution in [0.3, 0.4) is 0 Å². The van der Waals surface area contributed by atoms with Crippen LogP contribution >= 0.6 is 11.6 Å². The highest BCUT2D eigenvalue weighted by Gasteiger charge is 2.12. The maximum Gasteiger partial charge on any atom is 0.0853 e. The number of aromatic nitrogens is 2. The standard InChI is InChI=1S/C15H26ClN3/c1-4-11-17-12-9-7-8-10-14-15(16)13(5-2)18-19(14)6-3/h7-8,17H,4-6,9-12H2,1-3H3.